The van der Waals surface area contributed by atoms with Crippen LogP contribution in [0.1, 0.15) is 13.8 Å². The topological polar surface area (TPSA) is 52.3 Å². The molecule has 0 bridgehead atoms. The lowest BCUT2D eigenvalue weighted by Gasteiger charge is -2.42. The molecule has 0 aliphatic heterocycles. The van der Waals surface area contributed by atoms with E-state index in [1.54, 1.807) is 11.8 Å². The summed E-state index contributed by atoms with van der Waals surface area (Å²) in [6.45, 7) is 4.44. The van der Waals surface area contributed by atoms with E-state index in [9.17, 15) is 5.21 Å². The first-order valence-corrected chi connectivity index (χ1v) is 4.85. The molecule has 68 valence electrons. The molecule has 0 aliphatic rings. The number of hydrogen-bond donors (Lipinski definition) is 1. The summed E-state index contributed by atoms with van der Waals surface area (Å²) >= 11 is 1.64. The van der Waals surface area contributed by atoms with Crippen molar-refractivity contribution in [2.75, 3.05) is 19.8 Å². The maximum atomic E-state index is 11.0. The second-order valence-corrected chi connectivity index (χ2v) is 4.28. The van der Waals surface area contributed by atoms with Gasteiger partial charge in [0.05, 0.1) is 0 Å². The highest BCUT2D eigenvalue weighted by atomic mass is 32.2. The molecule has 11 heavy (non-hydrogen) atoms. The first-order chi connectivity index (χ1) is 4.98. The van der Waals surface area contributed by atoms with Crippen LogP contribution in [0.15, 0.2) is 0 Å². The average molecular weight is 177 g/mol. The highest BCUT2D eigenvalue weighted by molar-refractivity contribution is 8.00. The van der Waals surface area contributed by atoms with Crippen molar-refractivity contribution in [2.24, 2.45) is 5.73 Å². The number of nitrogens with two attached hydrogens (primary N) is 1. The van der Waals surface area contributed by atoms with Gasteiger partial charge >= 0.3 is 0 Å². The summed E-state index contributed by atoms with van der Waals surface area (Å²) in [5.41, 5.74) is 5.57. The molecule has 0 radical (unpaired) electrons. The third-order valence-corrected chi connectivity index (χ3v) is 3.74. The normalized spacial score (nSPS) is 19.9. The molecule has 4 heteroatoms. The molecule has 2 atom stereocenters. The number of hydrogen-bond acceptors (Lipinski definition) is 4. The van der Waals surface area contributed by atoms with Crippen molar-refractivity contribution in [2.45, 2.75) is 24.6 Å². The van der Waals surface area contributed by atoms with Crippen LogP contribution in [-0.2, 0) is 0 Å². The molecule has 0 aliphatic carbocycles. The largest absolute Gasteiger partial charge is 0.785 e. The van der Waals surface area contributed by atoms with Crippen molar-refractivity contribution in [1.82, 2.24) is 5.06 Å². The lowest BCUT2D eigenvalue weighted by molar-refractivity contribution is 0.295. The quantitative estimate of drug-likeness (QED) is 0.648. The summed E-state index contributed by atoms with van der Waals surface area (Å²) in [6, 6.07) is -0.0394. The summed E-state index contributed by atoms with van der Waals surface area (Å²) in [6.07, 6.45) is 1.98. The van der Waals surface area contributed by atoms with Gasteiger partial charge in [0.25, 0.3) is 0 Å². The first kappa shape index (κ1) is 11.2. The Morgan fingerprint density at radius 2 is 2.18 bits per heavy atom. The van der Waals surface area contributed by atoms with Crippen molar-refractivity contribution < 1.29 is 0 Å². The Kier molecular flexibility index (Phi) is 4.39. The van der Waals surface area contributed by atoms with Crippen LogP contribution in [0.3, 0.4) is 0 Å². The Bertz CT molecular complexity index is 115. The molecular formula is C7H17N2OS-. The van der Waals surface area contributed by atoms with Crippen molar-refractivity contribution in [3.05, 3.63) is 5.21 Å². The zero-order chi connectivity index (χ0) is 9.07. The van der Waals surface area contributed by atoms with Crippen LogP contribution in [0.4, 0.5) is 0 Å². The standard InChI is InChI=1S/C7H17N2OS/c1-6(9(3)10)7(2,5-8)11-4/h6H,5,8H2,1-4H3/q-1. The summed E-state index contributed by atoms with van der Waals surface area (Å²) < 4.78 is -0.128. The van der Waals surface area contributed by atoms with Gasteiger partial charge in [-0.25, -0.2) is 0 Å². The molecule has 0 fully saturated rings. The van der Waals surface area contributed by atoms with Crippen molar-refractivity contribution >= 4 is 11.8 Å². The van der Waals surface area contributed by atoms with Gasteiger partial charge < -0.3 is 16.0 Å². The van der Waals surface area contributed by atoms with Gasteiger partial charge in [-0.2, -0.15) is 11.8 Å². The van der Waals surface area contributed by atoms with Crippen LogP contribution in [-0.4, -0.2) is 35.7 Å². The molecule has 0 aromatic heterocycles. The molecule has 0 saturated heterocycles. The highest BCUT2D eigenvalue weighted by Gasteiger charge is 2.28. The predicted octanol–water partition coefficient (Wildman–Crippen LogP) is 0.885. The number of hydroxylamine groups is 2. The van der Waals surface area contributed by atoms with E-state index in [1.165, 1.54) is 7.05 Å². The van der Waals surface area contributed by atoms with Crippen LogP contribution >= 0.6 is 11.8 Å². The second-order valence-electron chi connectivity index (χ2n) is 2.94. The van der Waals surface area contributed by atoms with Gasteiger partial charge in [0.1, 0.15) is 0 Å². The zero-order valence-corrected chi connectivity index (χ0v) is 8.44. The molecule has 0 aromatic carbocycles. The molecule has 0 aromatic rings. The van der Waals surface area contributed by atoms with E-state index in [4.69, 9.17) is 5.73 Å². The van der Waals surface area contributed by atoms with Crippen LogP contribution in [0, 0.1) is 5.21 Å². The highest BCUT2D eigenvalue weighted by Crippen LogP contribution is 2.27. The van der Waals surface area contributed by atoms with E-state index >= 15 is 0 Å². The Morgan fingerprint density at radius 1 is 1.73 bits per heavy atom. The maximum Gasteiger partial charge on any atom is 0.0394 e. The maximum absolute atomic E-state index is 11.0. The Hall–Kier alpha value is 0.230. The minimum atomic E-state index is -0.128. The molecule has 0 spiro atoms. The third-order valence-electron chi connectivity index (χ3n) is 2.30. The van der Waals surface area contributed by atoms with Crippen LogP contribution in [0.2, 0.25) is 0 Å². The van der Waals surface area contributed by atoms with Gasteiger partial charge in [-0.1, -0.05) is 0 Å². The first-order valence-electron chi connectivity index (χ1n) is 3.63. The van der Waals surface area contributed by atoms with E-state index < -0.39 is 0 Å². The SMILES string of the molecule is CSC(C)(CN)C(C)N(C)[O-]. The van der Waals surface area contributed by atoms with E-state index in [2.05, 4.69) is 0 Å². The molecule has 0 heterocycles. The van der Waals surface area contributed by atoms with Crippen molar-refractivity contribution in [3.8, 4) is 0 Å². The van der Waals surface area contributed by atoms with Gasteiger partial charge in [0.15, 0.2) is 0 Å². The van der Waals surface area contributed by atoms with Crippen molar-refractivity contribution in [3.63, 3.8) is 0 Å². The molecule has 2 unspecified atom stereocenters. The minimum absolute atomic E-state index is 0.0394. The van der Waals surface area contributed by atoms with Crippen LogP contribution < -0.4 is 5.73 Å². The fourth-order valence-electron chi connectivity index (χ4n) is 0.809. The lowest BCUT2D eigenvalue weighted by atomic mass is 10.0. The Labute approximate surface area is 72.9 Å². The molecule has 0 rings (SSSR count). The average Bonchev–Trinajstić information content (AvgIpc) is 2.01. The van der Waals surface area contributed by atoms with E-state index in [0.717, 1.165) is 5.06 Å². The van der Waals surface area contributed by atoms with Crippen LogP contribution in [0.5, 0.6) is 0 Å². The summed E-state index contributed by atoms with van der Waals surface area (Å²) in [5, 5.41) is 11.9. The summed E-state index contributed by atoms with van der Waals surface area (Å²) in [5.74, 6) is 0. The van der Waals surface area contributed by atoms with Gasteiger partial charge in [-0.05, 0) is 27.2 Å². The van der Waals surface area contributed by atoms with Gasteiger partial charge in [-0.15, -0.1) is 0 Å². The van der Waals surface area contributed by atoms with Crippen molar-refractivity contribution in [1.29, 1.82) is 0 Å². The fourth-order valence-corrected chi connectivity index (χ4v) is 1.47. The smallest absolute Gasteiger partial charge is 0.0394 e. The molecule has 0 amide bonds. The fraction of sp³-hybridized carbons (Fsp3) is 1.00. The molecule has 2 N–H and O–H groups in total. The molecular weight excluding hydrogens is 160 g/mol. The van der Waals surface area contributed by atoms with Crippen LogP contribution in [0.25, 0.3) is 0 Å². The molecule has 0 saturated carbocycles. The lowest BCUT2D eigenvalue weighted by Crippen LogP contribution is -2.47. The summed E-state index contributed by atoms with van der Waals surface area (Å²) in [7, 11) is 1.54. The minimum Gasteiger partial charge on any atom is -0.785 e. The summed E-state index contributed by atoms with van der Waals surface area (Å²) in [4.78, 5) is 0. The zero-order valence-electron chi connectivity index (χ0n) is 7.63. The van der Waals surface area contributed by atoms with Gasteiger partial charge in [-0.3, -0.25) is 0 Å². The number of rotatable bonds is 4. The number of thioether (sulfide) groups is 1. The van der Waals surface area contributed by atoms with E-state index in [1.807, 2.05) is 20.1 Å². The van der Waals surface area contributed by atoms with E-state index in [-0.39, 0.29) is 10.8 Å². The van der Waals surface area contributed by atoms with E-state index in [0.29, 0.717) is 6.54 Å². The third kappa shape index (κ3) is 2.63. The predicted molar refractivity (Wildman–Crippen MR) is 51.6 cm³/mol. The number of nitrogens with zero attached hydrogens (tertiary/aromatic N) is 1. The monoisotopic (exact) mass is 177 g/mol. The Balaban J connectivity index is 4.24. The molecule has 3 nitrogen and oxygen atoms in total. The van der Waals surface area contributed by atoms with Gasteiger partial charge in [0, 0.05) is 17.3 Å². The Morgan fingerprint density at radius 3 is 2.27 bits per heavy atom. The second kappa shape index (κ2) is 4.30. The van der Waals surface area contributed by atoms with Gasteiger partial charge in [0.2, 0.25) is 0 Å².